The van der Waals surface area contributed by atoms with Crippen LogP contribution in [0.25, 0.3) is 0 Å². The topological polar surface area (TPSA) is 51.0 Å². The molecule has 0 radical (unpaired) electrons. The molecule has 1 unspecified atom stereocenters. The summed E-state index contributed by atoms with van der Waals surface area (Å²) in [6.45, 7) is 3.59. The Hall–Kier alpha value is -0.870. The third-order valence-electron chi connectivity index (χ3n) is 3.51. The second-order valence-electron chi connectivity index (χ2n) is 5.25. The predicted octanol–water partition coefficient (Wildman–Crippen LogP) is 4.28. The largest absolute Gasteiger partial charge is 0.411 e. The Morgan fingerprint density at radius 1 is 1.30 bits per heavy atom. The lowest BCUT2D eigenvalue weighted by Crippen LogP contribution is -2.22. The standard InChI is InChI=1S/C16H29NO3/c1-2-3-4-5-10-15(17-18)11-6-8-13-19-16-12-7-9-14-20-16/h2-3,16,18H,4-14H2,1H3/b3-2-,17-15+. The first-order chi connectivity index (χ1) is 9.86. The smallest absolute Gasteiger partial charge is 0.157 e. The number of hydrogen-bond acceptors (Lipinski definition) is 4. The normalized spacial score (nSPS) is 20.6. The summed E-state index contributed by atoms with van der Waals surface area (Å²) in [4.78, 5) is 0. The van der Waals surface area contributed by atoms with Gasteiger partial charge in [0.2, 0.25) is 0 Å². The number of rotatable bonds is 10. The van der Waals surface area contributed by atoms with E-state index in [0.29, 0.717) is 0 Å². The second kappa shape index (κ2) is 11.9. The summed E-state index contributed by atoms with van der Waals surface area (Å²) in [6, 6.07) is 0. The zero-order valence-corrected chi connectivity index (χ0v) is 12.7. The molecule has 0 aliphatic carbocycles. The highest BCUT2D eigenvalue weighted by Crippen LogP contribution is 2.14. The molecule has 1 saturated heterocycles. The van der Waals surface area contributed by atoms with Crippen LogP contribution in [0.5, 0.6) is 0 Å². The van der Waals surface area contributed by atoms with Crippen LogP contribution >= 0.6 is 0 Å². The first kappa shape index (κ1) is 17.2. The third kappa shape index (κ3) is 8.33. The van der Waals surface area contributed by atoms with Crippen molar-refractivity contribution in [1.82, 2.24) is 0 Å². The van der Waals surface area contributed by atoms with Gasteiger partial charge in [-0.2, -0.15) is 0 Å². The van der Waals surface area contributed by atoms with Gasteiger partial charge in [-0.05, 0) is 64.7 Å². The highest BCUT2D eigenvalue weighted by Gasteiger charge is 2.13. The van der Waals surface area contributed by atoms with Gasteiger partial charge in [0.25, 0.3) is 0 Å². The number of allylic oxidation sites excluding steroid dienone is 2. The molecule has 1 aliphatic heterocycles. The van der Waals surface area contributed by atoms with Gasteiger partial charge >= 0.3 is 0 Å². The van der Waals surface area contributed by atoms with E-state index < -0.39 is 0 Å². The van der Waals surface area contributed by atoms with E-state index in [-0.39, 0.29) is 6.29 Å². The summed E-state index contributed by atoms with van der Waals surface area (Å²) in [5.74, 6) is 0. The molecular weight excluding hydrogens is 254 g/mol. The molecule has 0 spiro atoms. The van der Waals surface area contributed by atoms with Gasteiger partial charge in [0.15, 0.2) is 6.29 Å². The Bertz CT molecular complexity index is 283. The van der Waals surface area contributed by atoms with Crippen LogP contribution in [0.2, 0.25) is 0 Å². The lowest BCUT2D eigenvalue weighted by molar-refractivity contribution is -0.162. The lowest BCUT2D eigenvalue weighted by atomic mass is 10.1. The second-order valence-corrected chi connectivity index (χ2v) is 5.25. The summed E-state index contributed by atoms with van der Waals surface area (Å²) >= 11 is 0. The van der Waals surface area contributed by atoms with Crippen molar-refractivity contribution >= 4 is 5.71 Å². The molecule has 0 aromatic carbocycles. The van der Waals surface area contributed by atoms with Gasteiger partial charge < -0.3 is 14.7 Å². The lowest BCUT2D eigenvalue weighted by Gasteiger charge is -2.22. The molecule has 4 nitrogen and oxygen atoms in total. The van der Waals surface area contributed by atoms with Gasteiger partial charge in [0.05, 0.1) is 5.71 Å². The van der Waals surface area contributed by atoms with Crippen molar-refractivity contribution in [3.63, 3.8) is 0 Å². The van der Waals surface area contributed by atoms with Crippen molar-refractivity contribution in [2.24, 2.45) is 5.16 Å². The van der Waals surface area contributed by atoms with Crippen molar-refractivity contribution in [2.75, 3.05) is 13.2 Å². The molecule has 4 heteroatoms. The molecule has 0 aromatic heterocycles. The molecule has 1 heterocycles. The summed E-state index contributed by atoms with van der Waals surface area (Å²) in [7, 11) is 0. The minimum Gasteiger partial charge on any atom is -0.411 e. The van der Waals surface area contributed by atoms with Crippen LogP contribution in [0.3, 0.4) is 0 Å². The Balaban J connectivity index is 1.97. The summed E-state index contributed by atoms with van der Waals surface area (Å²) in [5.41, 5.74) is 0.906. The predicted molar refractivity (Wildman–Crippen MR) is 81.3 cm³/mol. The monoisotopic (exact) mass is 283 g/mol. The van der Waals surface area contributed by atoms with E-state index in [1.165, 1.54) is 6.42 Å². The average Bonchev–Trinajstić information content (AvgIpc) is 2.50. The SMILES string of the molecule is C/C=C\CCC/C(CCCCOC1CCCCO1)=N\O. The summed E-state index contributed by atoms with van der Waals surface area (Å²) in [6.07, 6.45) is 13.4. The maximum Gasteiger partial charge on any atom is 0.157 e. The fraction of sp³-hybridized carbons (Fsp3) is 0.812. The molecular formula is C16H29NO3. The Morgan fingerprint density at radius 3 is 2.85 bits per heavy atom. The molecule has 0 amide bonds. The fourth-order valence-corrected chi connectivity index (χ4v) is 2.30. The molecule has 20 heavy (non-hydrogen) atoms. The van der Waals surface area contributed by atoms with E-state index in [9.17, 15) is 0 Å². The molecule has 1 fully saturated rings. The van der Waals surface area contributed by atoms with E-state index >= 15 is 0 Å². The molecule has 0 aromatic rings. The minimum atomic E-state index is 0.00978. The van der Waals surface area contributed by atoms with E-state index in [2.05, 4.69) is 17.3 Å². The highest BCUT2D eigenvalue weighted by atomic mass is 16.7. The molecule has 1 atom stereocenters. The molecule has 1 N–H and O–H groups in total. The Labute approximate surface area is 122 Å². The Morgan fingerprint density at radius 2 is 2.15 bits per heavy atom. The molecule has 1 aliphatic rings. The zero-order valence-electron chi connectivity index (χ0n) is 12.7. The number of hydrogen-bond donors (Lipinski definition) is 1. The summed E-state index contributed by atoms with van der Waals surface area (Å²) < 4.78 is 11.2. The van der Waals surface area contributed by atoms with Gasteiger partial charge in [-0.1, -0.05) is 17.3 Å². The number of ether oxygens (including phenoxy) is 2. The quantitative estimate of drug-likeness (QED) is 0.214. The zero-order chi connectivity index (χ0) is 14.5. The van der Waals surface area contributed by atoms with Crippen LogP contribution in [0, 0.1) is 0 Å². The van der Waals surface area contributed by atoms with Crippen molar-refractivity contribution in [3.05, 3.63) is 12.2 Å². The van der Waals surface area contributed by atoms with E-state index in [0.717, 1.165) is 70.3 Å². The number of unbranched alkanes of at least 4 members (excludes halogenated alkanes) is 2. The fourth-order valence-electron chi connectivity index (χ4n) is 2.30. The molecule has 0 saturated carbocycles. The summed E-state index contributed by atoms with van der Waals surface area (Å²) in [5, 5.41) is 12.4. The molecule has 0 bridgehead atoms. The Kier molecular flexibility index (Phi) is 10.2. The average molecular weight is 283 g/mol. The van der Waals surface area contributed by atoms with Crippen molar-refractivity contribution in [3.8, 4) is 0 Å². The van der Waals surface area contributed by atoms with Crippen molar-refractivity contribution in [1.29, 1.82) is 0 Å². The maximum atomic E-state index is 8.96. The van der Waals surface area contributed by atoms with Gasteiger partial charge in [0.1, 0.15) is 0 Å². The molecule has 1 rings (SSSR count). The first-order valence-corrected chi connectivity index (χ1v) is 7.91. The number of oxime groups is 1. The van der Waals surface area contributed by atoms with Gasteiger partial charge in [-0.25, -0.2) is 0 Å². The first-order valence-electron chi connectivity index (χ1n) is 7.91. The van der Waals surface area contributed by atoms with Gasteiger partial charge in [0, 0.05) is 13.2 Å². The number of nitrogens with zero attached hydrogens (tertiary/aromatic N) is 1. The van der Waals surface area contributed by atoms with Gasteiger partial charge in [-0.3, -0.25) is 0 Å². The maximum absolute atomic E-state index is 8.96. The van der Waals surface area contributed by atoms with Gasteiger partial charge in [-0.15, -0.1) is 0 Å². The van der Waals surface area contributed by atoms with Crippen LogP contribution in [0.15, 0.2) is 17.3 Å². The van der Waals surface area contributed by atoms with Crippen molar-refractivity contribution < 1.29 is 14.7 Å². The van der Waals surface area contributed by atoms with Crippen LogP contribution in [0.4, 0.5) is 0 Å². The minimum absolute atomic E-state index is 0.00978. The van der Waals surface area contributed by atoms with Crippen LogP contribution in [-0.4, -0.2) is 30.4 Å². The highest BCUT2D eigenvalue weighted by molar-refractivity contribution is 5.83. The van der Waals surface area contributed by atoms with Crippen molar-refractivity contribution in [2.45, 2.75) is 71.0 Å². The van der Waals surface area contributed by atoms with Crippen LogP contribution in [-0.2, 0) is 9.47 Å². The van der Waals surface area contributed by atoms with Crippen LogP contribution in [0.1, 0.15) is 64.7 Å². The van der Waals surface area contributed by atoms with Crippen LogP contribution < -0.4 is 0 Å². The van der Waals surface area contributed by atoms with E-state index in [4.69, 9.17) is 14.7 Å². The molecule has 116 valence electrons. The van der Waals surface area contributed by atoms with E-state index in [1.54, 1.807) is 0 Å². The van der Waals surface area contributed by atoms with E-state index in [1.807, 2.05) is 6.92 Å². The third-order valence-corrected chi connectivity index (χ3v) is 3.51.